The Balaban J connectivity index is 2.43. The van der Waals surface area contributed by atoms with Crippen molar-refractivity contribution in [3.8, 4) is 5.75 Å². The van der Waals surface area contributed by atoms with E-state index in [0.29, 0.717) is 11.3 Å². The number of methoxy groups -OCH3 is 1. The van der Waals surface area contributed by atoms with E-state index in [9.17, 15) is 18.0 Å². The second-order valence-corrected chi connectivity index (χ2v) is 12.7. The SMILES string of the molecule is CCC(CC)(c1ccc(OCC(=O)C(C)(C)C)c(C)c1)c1cc(C)c(S(=O)(=O)NC(=O)COC)s1. The van der Waals surface area contributed by atoms with Crippen molar-refractivity contribution in [2.24, 2.45) is 5.41 Å². The van der Waals surface area contributed by atoms with Crippen LogP contribution in [0, 0.1) is 19.3 Å². The molecular weight excluding hydrogens is 486 g/mol. The summed E-state index contributed by atoms with van der Waals surface area (Å²) >= 11 is 1.19. The Hall–Kier alpha value is -2.23. The third kappa shape index (κ3) is 6.51. The van der Waals surface area contributed by atoms with Crippen LogP contribution in [0.3, 0.4) is 0 Å². The second-order valence-electron chi connectivity index (χ2n) is 9.77. The fourth-order valence-corrected chi connectivity index (χ4v) is 6.97. The molecule has 1 aromatic heterocycles. The van der Waals surface area contributed by atoms with E-state index in [1.54, 1.807) is 6.92 Å². The van der Waals surface area contributed by atoms with Gasteiger partial charge in [-0.2, -0.15) is 0 Å². The van der Waals surface area contributed by atoms with Crippen LogP contribution in [-0.2, 0) is 29.8 Å². The van der Waals surface area contributed by atoms with E-state index in [1.165, 1.54) is 18.4 Å². The smallest absolute Gasteiger partial charge is 0.273 e. The molecule has 0 fully saturated rings. The molecule has 0 aliphatic rings. The maximum atomic E-state index is 12.9. The highest BCUT2D eigenvalue weighted by atomic mass is 32.2. The predicted octanol–water partition coefficient (Wildman–Crippen LogP) is 4.92. The lowest BCUT2D eigenvalue weighted by molar-refractivity contribution is -0.128. The molecule has 194 valence electrons. The van der Waals surface area contributed by atoms with Crippen molar-refractivity contribution in [3.05, 3.63) is 45.8 Å². The Morgan fingerprint density at radius 2 is 1.63 bits per heavy atom. The second kappa shape index (κ2) is 11.2. The number of thiophene rings is 1. The summed E-state index contributed by atoms with van der Waals surface area (Å²) < 4.78 is 38.5. The molecule has 0 unspecified atom stereocenters. The number of aryl methyl sites for hydroxylation is 2. The first-order chi connectivity index (χ1) is 16.2. The van der Waals surface area contributed by atoms with Crippen molar-refractivity contribution >= 4 is 33.1 Å². The van der Waals surface area contributed by atoms with Crippen molar-refractivity contribution in [1.29, 1.82) is 0 Å². The number of sulfonamides is 1. The average molecular weight is 524 g/mol. The fraction of sp³-hybridized carbons (Fsp3) is 0.538. The van der Waals surface area contributed by atoms with Crippen molar-refractivity contribution in [2.75, 3.05) is 20.3 Å². The summed E-state index contributed by atoms with van der Waals surface area (Å²) in [5.41, 5.74) is 1.66. The van der Waals surface area contributed by atoms with Gasteiger partial charge in [0.1, 0.15) is 23.2 Å². The van der Waals surface area contributed by atoms with Crippen molar-refractivity contribution < 1.29 is 27.5 Å². The number of carbonyl (C=O) groups excluding carboxylic acids is 2. The number of amides is 1. The van der Waals surface area contributed by atoms with E-state index < -0.39 is 26.8 Å². The van der Waals surface area contributed by atoms with Crippen LogP contribution in [0.15, 0.2) is 28.5 Å². The molecule has 1 amide bonds. The Bertz CT molecular complexity index is 1170. The Morgan fingerprint density at radius 3 is 2.14 bits per heavy atom. The van der Waals surface area contributed by atoms with E-state index >= 15 is 0 Å². The summed E-state index contributed by atoms with van der Waals surface area (Å²) in [6.07, 6.45) is 1.50. The lowest BCUT2D eigenvalue weighted by Crippen LogP contribution is -2.33. The van der Waals surface area contributed by atoms with Crippen molar-refractivity contribution in [3.63, 3.8) is 0 Å². The first kappa shape index (κ1) is 29.0. The van der Waals surface area contributed by atoms with Gasteiger partial charge < -0.3 is 9.47 Å². The molecule has 0 aliphatic carbocycles. The monoisotopic (exact) mass is 523 g/mol. The van der Waals surface area contributed by atoms with Crippen LogP contribution in [0.1, 0.15) is 69.0 Å². The number of ether oxygens (including phenoxy) is 2. The quantitative estimate of drug-likeness (QED) is 0.449. The van der Waals surface area contributed by atoms with E-state index in [4.69, 9.17) is 9.47 Å². The molecule has 1 N–H and O–H groups in total. The van der Waals surface area contributed by atoms with Gasteiger partial charge in [-0.3, -0.25) is 9.59 Å². The lowest BCUT2D eigenvalue weighted by atomic mass is 9.74. The van der Waals surface area contributed by atoms with Crippen molar-refractivity contribution in [1.82, 2.24) is 4.72 Å². The number of benzene rings is 1. The largest absolute Gasteiger partial charge is 0.486 e. The zero-order chi connectivity index (χ0) is 26.6. The molecule has 0 atom stereocenters. The molecule has 1 aromatic carbocycles. The van der Waals surface area contributed by atoms with Gasteiger partial charge in [0, 0.05) is 22.8 Å². The Kier molecular flexibility index (Phi) is 9.30. The summed E-state index contributed by atoms with van der Waals surface area (Å²) in [6, 6.07) is 7.81. The number of nitrogens with one attached hydrogen (secondary N) is 1. The molecule has 0 radical (unpaired) electrons. The topological polar surface area (TPSA) is 98.8 Å². The molecule has 35 heavy (non-hydrogen) atoms. The molecule has 7 nitrogen and oxygen atoms in total. The molecule has 0 saturated carbocycles. The number of ketones is 1. The van der Waals surface area contributed by atoms with Gasteiger partial charge in [-0.15, -0.1) is 11.3 Å². The van der Waals surface area contributed by atoms with Crippen LogP contribution in [0.2, 0.25) is 0 Å². The van der Waals surface area contributed by atoms with E-state index in [-0.39, 0.29) is 23.2 Å². The van der Waals surface area contributed by atoms with Gasteiger partial charge in [-0.1, -0.05) is 46.8 Å². The van der Waals surface area contributed by atoms with Gasteiger partial charge in [0.15, 0.2) is 5.78 Å². The van der Waals surface area contributed by atoms with E-state index in [0.717, 1.165) is 28.8 Å². The highest BCUT2D eigenvalue weighted by molar-refractivity contribution is 7.92. The average Bonchev–Trinajstić information content (AvgIpc) is 3.16. The van der Waals surface area contributed by atoms with Crippen LogP contribution < -0.4 is 9.46 Å². The summed E-state index contributed by atoms with van der Waals surface area (Å²) in [5, 5.41) is 0. The fourth-order valence-electron chi connectivity index (χ4n) is 3.94. The molecule has 2 aromatic rings. The normalized spacial score (nSPS) is 12.5. The highest BCUT2D eigenvalue weighted by Gasteiger charge is 2.35. The van der Waals surface area contributed by atoms with Gasteiger partial charge in [0.25, 0.3) is 15.9 Å². The van der Waals surface area contributed by atoms with Gasteiger partial charge in [-0.05, 0) is 55.5 Å². The number of Topliss-reactive ketones (excluding diaryl/α,β-unsaturated/α-hetero) is 1. The minimum absolute atomic E-state index is 0.0104. The minimum Gasteiger partial charge on any atom is -0.486 e. The summed E-state index contributed by atoms with van der Waals surface area (Å²) in [7, 11) is -2.67. The lowest BCUT2D eigenvalue weighted by Gasteiger charge is -2.32. The Labute approximate surface area is 213 Å². The maximum absolute atomic E-state index is 12.9. The number of rotatable bonds is 11. The van der Waals surface area contributed by atoms with E-state index in [1.807, 2.05) is 52.0 Å². The van der Waals surface area contributed by atoms with Crippen LogP contribution in [-0.4, -0.2) is 40.4 Å². The third-order valence-corrected chi connectivity index (χ3v) is 9.69. The first-order valence-electron chi connectivity index (χ1n) is 11.6. The van der Waals surface area contributed by atoms with Gasteiger partial charge in [-0.25, -0.2) is 13.1 Å². The highest BCUT2D eigenvalue weighted by Crippen LogP contribution is 2.45. The molecule has 0 bridgehead atoms. The maximum Gasteiger partial charge on any atom is 0.273 e. The molecule has 0 aliphatic heterocycles. The molecule has 9 heteroatoms. The molecule has 0 saturated heterocycles. The number of hydrogen-bond acceptors (Lipinski definition) is 7. The molecule has 2 rings (SSSR count). The molecule has 0 spiro atoms. The Morgan fingerprint density at radius 1 is 1.00 bits per heavy atom. The van der Waals surface area contributed by atoms with Gasteiger partial charge in [0.2, 0.25) is 0 Å². The van der Waals surface area contributed by atoms with Crippen LogP contribution >= 0.6 is 11.3 Å². The van der Waals surface area contributed by atoms with E-state index in [2.05, 4.69) is 18.6 Å². The van der Waals surface area contributed by atoms with Crippen LogP contribution in [0.5, 0.6) is 5.75 Å². The number of hydrogen-bond donors (Lipinski definition) is 1. The summed E-state index contributed by atoms with van der Waals surface area (Å²) in [4.78, 5) is 25.0. The molecule has 1 heterocycles. The number of carbonyl (C=O) groups is 2. The van der Waals surface area contributed by atoms with Crippen LogP contribution in [0.4, 0.5) is 0 Å². The summed E-state index contributed by atoms with van der Waals surface area (Å²) in [6.45, 7) is 13.1. The molecular formula is C26H37NO6S2. The zero-order valence-corrected chi connectivity index (χ0v) is 23.5. The van der Waals surface area contributed by atoms with Crippen molar-refractivity contribution in [2.45, 2.75) is 70.9 Å². The minimum atomic E-state index is -4.01. The van der Waals surface area contributed by atoms with Crippen LogP contribution in [0.25, 0.3) is 0 Å². The van der Waals surface area contributed by atoms with Gasteiger partial charge >= 0.3 is 0 Å². The standard InChI is InChI=1S/C26H37NO6S2/c1-9-26(10-2,19-11-12-20(17(3)13-19)33-15-21(28)25(5,6)7)22-14-18(4)24(34-22)35(30,31)27-23(29)16-32-8/h11-14H,9-10,15-16H2,1-8H3,(H,27,29). The summed E-state index contributed by atoms with van der Waals surface area (Å²) in [5.74, 6) is -0.0352. The zero-order valence-electron chi connectivity index (χ0n) is 21.9. The predicted molar refractivity (Wildman–Crippen MR) is 139 cm³/mol. The first-order valence-corrected chi connectivity index (χ1v) is 13.9. The third-order valence-electron chi connectivity index (χ3n) is 6.24. The van der Waals surface area contributed by atoms with Gasteiger partial charge in [0.05, 0.1) is 0 Å².